The van der Waals surface area contributed by atoms with Gasteiger partial charge in [-0.15, -0.1) is 11.3 Å². The highest BCUT2D eigenvalue weighted by molar-refractivity contribution is 7.09. The standard InChI is InChI=1S/C16H18N2O4S/c1-2-11-9-23-14(17-11)10-4-3-7-18(8-10)15(19)12-5-6-13(22-12)16(20)21/h5-6,9-10H,2-4,7-8H2,1H3,(H,20,21). The summed E-state index contributed by atoms with van der Waals surface area (Å²) in [6.45, 7) is 3.33. The van der Waals surface area contributed by atoms with E-state index in [0.717, 1.165) is 30.0 Å². The van der Waals surface area contributed by atoms with Gasteiger partial charge in [-0.3, -0.25) is 4.79 Å². The van der Waals surface area contributed by atoms with Crippen LogP contribution in [0.25, 0.3) is 0 Å². The van der Waals surface area contributed by atoms with Gasteiger partial charge in [0.2, 0.25) is 5.76 Å². The normalized spacial score (nSPS) is 18.1. The molecule has 2 aromatic rings. The zero-order valence-electron chi connectivity index (χ0n) is 12.8. The van der Waals surface area contributed by atoms with Crippen LogP contribution in [0.2, 0.25) is 0 Å². The number of hydrogen-bond donors (Lipinski definition) is 1. The zero-order chi connectivity index (χ0) is 16.4. The number of piperidine rings is 1. The molecule has 1 fully saturated rings. The van der Waals surface area contributed by atoms with E-state index in [0.29, 0.717) is 13.1 Å². The Morgan fingerprint density at radius 1 is 1.43 bits per heavy atom. The second-order valence-electron chi connectivity index (χ2n) is 5.59. The van der Waals surface area contributed by atoms with E-state index < -0.39 is 5.97 Å². The summed E-state index contributed by atoms with van der Waals surface area (Å²) in [5.74, 6) is -1.32. The third-order valence-corrected chi connectivity index (χ3v) is 5.07. The quantitative estimate of drug-likeness (QED) is 0.929. The monoisotopic (exact) mass is 334 g/mol. The van der Waals surface area contributed by atoms with Crippen LogP contribution in [-0.2, 0) is 6.42 Å². The molecule has 1 unspecified atom stereocenters. The number of thiazole rings is 1. The average Bonchev–Trinajstić information content (AvgIpc) is 3.23. The summed E-state index contributed by atoms with van der Waals surface area (Å²) >= 11 is 1.65. The molecule has 1 aliphatic heterocycles. The minimum atomic E-state index is -1.17. The van der Waals surface area contributed by atoms with Crippen molar-refractivity contribution in [3.63, 3.8) is 0 Å². The summed E-state index contributed by atoms with van der Waals surface area (Å²) in [6.07, 6.45) is 2.83. The van der Waals surface area contributed by atoms with Crippen molar-refractivity contribution < 1.29 is 19.1 Å². The van der Waals surface area contributed by atoms with E-state index in [4.69, 9.17) is 9.52 Å². The Morgan fingerprint density at radius 2 is 2.22 bits per heavy atom. The van der Waals surface area contributed by atoms with Gasteiger partial charge in [0.25, 0.3) is 5.91 Å². The van der Waals surface area contributed by atoms with Crippen LogP contribution < -0.4 is 0 Å². The smallest absolute Gasteiger partial charge is 0.371 e. The number of nitrogens with zero attached hydrogens (tertiary/aromatic N) is 2. The first-order chi connectivity index (χ1) is 11.1. The first-order valence-corrected chi connectivity index (χ1v) is 8.53. The largest absolute Gasteiger partial charge is 0.475 e. The van der Waals surface area contributed by atoms with Gasteiger partial charge < -0.3 is 14.4 Å². The lowest BCUT2D eigenvalue weighted by molar-refractivity contribution is 0.0636. The SMILES string of the molecule is CCc1csc(C2CCCN(C(=O)c3ccc(C(=O)O)o3)C2)n1. The maximum atomic E-state index is 12.5. The lowest BCUT2D eigenvalue weighted by Crippen LogP contribution is -2.39. The minimum Gasteiger partial charge on any atom is -0.475 e. The number of hydrogen-bond acceptors (Lipinski definition) is 5. The molecule has 1 aliphatic rings. The first kappa shape index (κ1) is 15.7. The van der Waals surface area contributed by atoms with E-state index in [1.54, 1.807) is 16.2 Å². The van der Waals surface area contributed by atoms with E-state index in [1.807, 2.05) is 0 Å². The van der Waals surface area contributed by atoms with E-state index in [2.05, 4.69) is 17.3 Å². The fraction of sp³-hybridized carbons (Fsp3) is 0.438. The number of likely N-dealkylation sites (tertiary alicyclic amines) is 1. The van der Waals surface area contributed by atoms with E-state index in [1.165, 1.54) is 12.1 Å². The Labute approximate surface area is 137 Å². The molecule has 0 spiro atoms. The van der Waals surface area contributed by atoms with Gasteiger partial charge in [0.05, 0.1) is 10.7 Å². The molecule has 122 valence electrons. The number of carboxylic acids is 1. The topological polar surface area (TPSA) is 83.6 Å². The number of amides is 1. The fourth-order valence-corrected chi connectivity index (χ4v) is 3.79. The minimum absolute atomic E-state index is 0.0800. The molecule has 0 aliphatic carbocycles. The van der Waals surface area contributed by atoms with Crippen molar-refractivity contribution in [1.82, 2.24) is 9.88 Å². The first-order valence-electron chi connectivity index (χ1n) is 7.65. The molecule has 1 saturated heterocycles. The lowest BCUT2D eigenvalue weighted by Gasteiger charge is -2.31. The zero-order valence-corrected chi connectivity index (χ0v) is 13.6. The summed E-state index contributed by atoms with van der Waals surface area (Å²) in [4.78, 5) is 29.7. The molecule has 1 amide bonds. The van der Waals surface area contributed by atoms with Crippen LogP contribution in [0.5, 0.6) is 0 Å². The maximum Gasteiger partial charge on any atom is 0.371 e. The number of furan rings is 1. The van der Waals surface area contributed by atoms with Crippen molar-refractivity contribution in [1.29, 1.82) is 0 Å². The number of carboxylic acid groups (broad SMARTS) is 1. The molecule has 1 atom stereocenters. The van der Waals surface area contributed by atoms with Gasteiger partial charge in [0.15, 0.2) is 5.76 Å². The molecule has 0 bridgehead atoms. The van der Waals surface area contributed by atoms with Gasteiger partial charge in [-0.25, -0.2) is 9.78 Å². The molecule has 1 N–H and O–H groups in total. The molecule has 6 nitrogen and oxygen atoms in total. The van der Waals surface area contributed by atoms with Crippen LogP contribution in [0.3, 0.4) is 0 Å². The predicted octanol–water partition coefficient (Wildman–Crippen LogP) is 3.02. The van der Waals surface area contributed by atoms with Crippen molar-refractivity contribution in [3.05, 3.63) is 39.7 Å². The van der Waals surface area contributed by atoms with Crippen LogP contribution in [-0.4, -0.2) is 40.0 Å². The number of aryl methyl sites for hydroxylation is 1. The molecule has 7 heteroatoms. The van der Waals surface area contributed by atoms with Gasteiger partial charge in [0.1, 0.15) is 0 Å². The number of aromatic nitrogens is 1. The summed E-state index contributed by atoms with van der Waals surface area (Å²) in [6, 6.07) is 2.74. The summed E-state index contributed by atoms with van der Waals surface area (Å²) in [5, 5.41) is 12.0. The number of carbonyl (C=O) groups is 2. The molecular formula is C16H18N2O4S. The third kappa shape index (κ3) is 3.29. The molecule has 2 aromatic heterocycles. The van der Waals surface area contributed by atoms with Gasteiger partial charge in [-0.05, 0) is 31.4 Å². The van der Waals surface area contributed by atoms with E-state index >= 15 is 0 Å². The maximum absolute atomic E-state index is 12.5. The van der Waals surface area contributed by atoms with Crippen LogP contribution in [0, 0.1) is 0 Å². The highest BCUT2D eigenvalue weighted by Gasteiger charge is 2.29. The average molecular weight is 334 g/mol. The van der Waals surface area contributed by atoms with Crippen LogP contribution >= 0.6 is 11.3 Å². The van der Waals surface area contributed by atoms with Crippen molar-refractivity contribution in [3.8, 4) is 0 Å². The molecule has 23 heavy (non-hydrogen) atoms. The van der Waals surface area contributed by atoms with Crippen molar-refractivity contribution in [2.75, 3.05) is 13.1 Å². The molecule has 0 radical (unpaired) electrons. The van der Waals surface area contributed by atoms with Crippen LogP contribution in [0.1, 0.15) is 57.5 Å². The predicted molar refractivity (Wildman–Crippen MR) is 85.0 cm³/mol. The van der Waals surface area contributed by atoms with Crippen molar-refractivity contribution >= 4 is 23.2 Å². The Bertz CT molecular complexity index is 721. The Morgan fingerprint density at radius 3 is 2.87 bits per heavy atom. The molecule has 0 aromatic carbocycles. The second kappa shape index (κ2) is 6.54. The van der Waals surface area contributed by atoms with Crippen LogP contribution in [0.15, 0.2) is 21.9 Å². The number of carbonyl (C=O) groups excluding carboxylic acids is 1. The van der Waals surface area contributed by atoms with Crippen molar-refractivity contribution in [2.24, 2.45) is 0 Å². The summed E-state index contributed by atoms with van der Waals surface area (Å²) in [5.41, 5.74) is 1.09. The Balaban J connectivity index is 1.72. The van der Waals surface area contributed by atoms with Gasteiger partial charge >= 0.3 is 5.97 Å². The fourth-order valence-electron chi connectivity index (χ4n) is 2.76. The Kier molecular flexibility index (Phi) is 4.47. The molecular weight excluding hydrogens is 316 g/mol. The highest BCUT2D eigenvalue weighted by atomic mass is 32.1. The lowest BCUT2D eigenvalue weighted by atomic mass is 9.98. The number of rotatable bonds is 4. The van der Waals surface area contributed by atoms with Gasteiger partial charge in [0, 0.05) is 24.4 Å². The molecule has 3 rings (SSSR count). The third-order valence-electron chi connectivity index (χ3n) is 4.02. The van der Waals surface area contributed by atoms with Gasteiger partial charge in [-0.1, -0.05) is 6.92 Å². The second-order valence-corrected chi connectivity index (χ2v) is 6.48. The number of aromatic carboxylic acids is 1. The summed E-state index contributed by atoms with van der Waals surface area (Å²) < 4.78 is 5.12. The van der Waals surface area contributed by atoms with E-state index in [-0.39, 0.29) is 23.3 Å². The molecule has 0 saturated carbocycles. The van der Waals surface area contributed by atoms with Gasteiger partial charge in [-0.2, -0.15) is 0 Å². The highest BCUT2D eigenvalue weighted by Crippen LogP contribution is 2.30. The molecule has 3 heterocycles. The van der Waals surface area contributed by atoms with Crippen LogP contribution in [0.4, 0.5) is 0 Å². The summed E-state index contributed by atoms with van der Waals surface area (Å²) in [7, 11) is 0. The van der Waals surface area contributed by atoms with E-state index in [9.17, 15) is 9.59 Å². The van der Waals surface area contributed by atoms with Crippen molar-refractivity contribution in [2.45, 2.75) is 32.1 Å². The Hall–Kier alpha value is -2.15.